The highest BCUT2D eigenvalue weighted by Gasteiger charge is 2.34. The first-order chi connectivity index (χ1) is 13.5. The van der Waals surface area contributed by atoms with E-state index in [0.717, 1.165) is 18.4 Å². The quantitative estimate of drug-likeness (QED) is 0.760. The van der Waals surface area contributed by atoms with E-state index in [1.807, 2.05) is 6.92 Å². The number of carbonyl (C=O) groups excluding carboxylic acids is 2. The Hall–Kier alpha value is -2.73. The molecule has 0 spiro atoms. The van der Waals surface area contributed by atoms with Crippen LogP contribution in [0.5, 0.6) is 0 Å². The normalized spacial score (nSPS) is 23.3. The molecule has 2 atom stereocenters. The van der Waals surface area contributed by atoms with Gasteiger partial charge in [0.2, 0.25) is 0 Å². The Morgan fingerprint density at radius 2 is 1.75 bits per heavy atom. The van der Waals surface area contributed by atoms with Crippen LogP contribution in [0, 0.1) is 12.7 Å². The van der Waals surface area contributed by atoms with Crippen LogP contribution in [0.2, 0.25) is 0 Å². The molecule has 2 aliphatic rings. The van der Waals surface area contributed by atoms with Crippen LogP contribution in [0.3, 0.4) is 0 Å². The van der Waals surface area contributed by atoms with Crippen LogP contribution in [-0.2, 0) is 0 Å². The number of hydrogen-bond acceptors (Lipinski definition) is 3. The van der Waals surface area contributed by atoms with Crippen molar-refractivity contribution < 1.29 is 14.0 Å². The van der Waals surface area contributed by atoms with Crippen molar-refractivity contribution in [1.29, 1.82) is 0 Å². The number of aryl methyl sites for hydroxylation is 1. The van der Waals surface area contributed by atoms with Gasteiger partial charge in [-0.05, 0) is 62.4 Å². The number of nitrogens with one attached hydrogen (secondary N) is 3. The molecule has 2 aromatic rings. The van der Waals surface area contributed by atoms with Crippen molar-refractivity contribution in [3.63, 3.8) is 0 Å². The van der Waals surface area contributed by atoms with Crippen LogP contribution in [0.4, 0.5) is 10.1 Å². The highest BCUT2D eigenvalue weighted by atomic mass is 19.1. The fraction of sp³-hybridized carbons (Fsp3) is 0.364. The van der Waals surface area contributed by atoms with Crippen LogP contribution in [-0.4, -0.2) is 29.9 Å². The maximum Gasteiger partial charge on any atom is 0.258 e. The third kappa shape index (κ3) is 3.92. The van der Waals surface area contributed by atoms with Crippen LogP contribution in [0.15, 0.2) is 42.5 Å². The standard InChI is InChI=1S/C22H24FN3O2/c1-13-6-7-14(21(27)25-17-11-15-8-9-16(12-17)24-15)10-20(13)26-22(28)18-4-2-3-5-19(18)23/h2-7,10,15-17,24H,8-9,11-12H2,1H3,(H,25,27)(H,26,28). The average Bonchev–Trinajstić information content (AvgIpc) is 3.02. The van der Waals surface area contributed by atoms with Gasteiger partial charge in [-0.1, -0.05) is 18.2 Å². The predicted octanol–water partition coefficient (Wildman–Crippen LogP) is 3.40. The molecule has 2 bridgehead atoms. The van der Waals surface area contributed by atoms with E-state index in [9.17, 15) is 14.0 Å². The number of benzene rings is 2. The lowest BCUT2D eigenvalue weighted by Gasteiger charge is -2.29. The topological polar surface area (TPSA) is 70.2 Å². The monoisotopic (exact) mass is 381 g/mol. The van der Waals surface area contributed by atoms with Crippen molar-refractivity contribution in [2.45, 2.75) is 50.7 Å². The van der Waals surface area contributed by atoms with Crippen molar-refractivity contribution in [3.05, 3.63) is 65.0 Å². The van der Waals surface area contributed by atoms with Crippen molar-refractivity contribution in [2.24, 2.45) is 0 Å². The molecule has 5 nitrogen and oxygen atoms in total. The molecule has 0 aromatic heterocycles. The van der Waals surface area contributed by atoms with E-state index in [1.165, 1.54) is 31.0 Å². The third-order valence-corrected chi connectivity index (χ3v) is 5.67. The predicted molar refractivity (Wildman–Crippen MR) is 106 cm³/mol. The Kier molecular flexibility index (Phi) is 5.13. The van der Waals surface area contributed by atoms with Gasteiger partial charge in [0, 0.05) is 29.4 Å². The molecule has 6 heteroatoms. The first kappa shape index (κ1) is 18.6. The zero-order chi connectivity index (χ0) is 19.7. The lowest BCUT2D eigenvalue weighted by molar-refractivity contribution is 0.0922. The van der Waals surface area contributed by atoms with Gasteiger partial charge < -0.3 is 16.0 Å². The molecule has 2 aliphatic heterocycles. The molecular weight excluding hydrogens is 357 g/mol. The molecule has 2 fully saturated rings. The molecule has 2 unspecified atom stereocenters. The highest BCUT2D eigenvalue weighted by molar-refractivity contribution is 6.05. The first-order valence-corrected chi connectivity index (χ1v) is 9.73. The van der Waals surface area contributed by atoms with Crippen molar-refractivity contribution in [2.75, 3.05) is 5.32 Å². The Morgan fingerprint density at radius 1 is 1.04 bits per heavy atom. The van der Waals surface area contributed by atoms with E-state index in [-0.39, 0.29) is 17.5 Å². The van der Waals surface area contributed by atoms with Crippen LogP contribution < -0.4 is 16.0 Å². The second-order valence-corrected chi connectivity index (χ2v) is 7.74. The fourth-order valence-electron chi connectivity index (χ4n) is 4.18. The van der Waals surface area contributed by atoms with Gasteiger partial charge in [0.25, 0.3) is 11.8 Å². The maximum absolute atomic E-state index is 13.8. The second kappa shape index (κ2) is 7.72. The minimum atomic E-state index is -0.577. The maximum atomic E-state index is 13.8. The number of halogens is 1. The molecule has 2 amide bonds. The van der Waals surface area contributed by atoms with Crippen LogP contribution >= 0.6 is 0 Å². The summed E-state index contributed by atoms with van der Waals surface area (Å²) in [5.41, 5.74) is 1.77. The molecule has 3 N–H and O–H groups in total. The van der Waals surface area contributed by atoms with E-state index < -0.39 is 11.7 Å². The van der Waals surface area contributed by atoms with Crippen molar-refractivity contribution in [3.8, 4) is 0 Å². The number of carbonyl (C=O) groups is 2. The smallest absolute Gasteiger partial charge is 0.258 e. The number of hydrogen-bond donors (Lipinski definition) is 3. The second-order valence-electron chi connectivity index (χ2n) is 7.74. The summed E-state index contributed by atoms with van der Waals surface area (Å²) in [5.74, 6) is -1.26. The Balaban J connectivity index is 1.46. The largest absolute Gasteiger partial charge is 0.349 e. The summed E-state index contributed by atoms with van der Waals surface area (Å²) in [7, 11) is 0. The van der Waals surface area contributed by atoms with Gasteiger partial charge in [0.1, 0.15) is 5.82 Å². The average molecular weight is 381 g/mol. The van der Waals surface area contributed by atoms with Gasteiger partial charge in [-0.15, -0.1) is 0 Å². The molecule has 2 aromatic carbocycles. The van der Waals surface area contributed by atoms with Gasteiger partial charge in [-0.3, -0.25) is 9.59 Å². The van der Waals surface area contributed by atoms with Gasteiger partial charge in [-0.25, -0.2) is 4.39 Å². The zero-order valence-corrected chi connectivity index (χ0v) is 15.8. The molecule has 0 saturated carbocycles. The van der Waals surface area contributed by atoms with Crippen molar-refractivity contribution in [1.82, 2.24) is 10.6 Å². The molecule has 2 saturated heterocycles. The van der Waals surface area contributed by atoms with Crippen LogP contribution in [0.1, 0.15) is 52.0 Å². The highest BCUT2D eigenvalue weighted by Crippen LogP contribution is 2.27. The SMILES string of the molecule is Cc1ccc(C(=O)NC2CC3CCC(C2)N3)cc1NC(=O)c1ccccc1F. The van der Waals surface area contributed by atoms with E-state index in [4.69, 9.17) is 0 Å². The summed E-state index contributed by atoms with van der Waals surface area (Å²) in [6, 6.07) is 12.2. The number of amides is 2. The summed E-state index contributed by atoms with van der Waals surface area (Å²) in [4.78, 5) is 25.1. The Labute approximate surface area is 163 Å². The summed E-state index contributed by atoms with van der Waals surface area (Å²) in [6.45, 7) is 1.84. The molecule has 28 heavy (non-hydrogen) atoms. The Morgan fingerprint density at radius 3 is 2.46 bits per heavy atom. The minimum Gasteiger partial charge on any atom is -0.349 e. The van der Waals surface area contributed by atoms with Gasteiger partial charge in [-0.2, -0.15) is 0 Å². The van der Waals surface area contributed by atoms with Gasteiger partial charge >= 0.3 is 0 Å². The summed E-state index contributed by atoms with van der Waals surface area (Å²) in [5, 5.41) is 9.41. The van der Waals surface area contributed by atoms with E-state index >= 15 is 0 Å². The van der Waals surface area contributed by atoms with Gasteiger partial charge in [0.05, 0.1) is 5.56 Å². The van der Waals surface area contributed by atoms with Crippen LogP contribution in [0.25, 0.3) is 0 Å². The van der Waals surface area contributed by atoms with Gasteiger partial charge in [0.15, 0.2) is 0 Å². The Bertz CT molecular complexity index is 902. The lowest BCUT2D eigenvalue weighted by Crippen LogP contribution is -2.48. The zero-order valence-electron chi connectivity index (χ0n) is 15.8. The molecule has 0 aliphatic carbocycles. The number of rotatable bonds is 4. The van der Waals surface area contributed by atoms with Crippen molar-refractivity contribution >= 4 is 17.5 Å². The fourth-order valence-corrected chi connectivity index (χ4v) is 4.18. The molecular formula is C22H24FN3O2. The molecule has 146 valence electrons. The first-order valence-electron chi connectivity index (χ1n) is 9.73. The minimum absolute atomic E-state index is 0.0260. The molecule has 2 heterocycles. The van der Waals surface area contributed by atoms with E-state index in [2.05, 4.69) is 16.0 Å². The summed E-state index contributed by atoms with van der Waals surface area (Å²) < 4.78 is 13.8. The van der Waals surface area contributed by atoms with E-state index in [0.29, 0.717) is 23.3 Å². The number of piperidine rings is 1. The number of anilines is 1. The lowest BCUT2D eigenvalue weighted by atomic mass is 9.99. The van der Waals surface area contributed by atoms with E-state index in [1.54, 1.807) is 24.3 Å². The summed E-state index contributed by atoms with van der Waals surface area (Å²) >= 11 is 0. The molecule has 4 rings (SSSR count). The number of fused-ring (bicyclic) bond motifs is 2. The summed E-state index contributed by atoms with van der Waals surface area (Å²) in [6.07, 6.45) is 4.25. The third-order valence-electron chi connectivity index (χ3n) is 5.67. The molecule has 0 radical (unpaired) electrons.